The van der Waals surface area contributed by atoms with Crippen LogP contribution in [0.3, 0.4) is 0 Å². The van der Waals surface area contributed by atoms with Crippen molar-refractivity contribution < 1.29 is 9.53 Å². The number of ether oxygens (including phenoxy) is 1. The van der Waals surface area contributed by atoms with E-state index >= 15 is 0 Å². The van der Waals surface area contributed by atoms with E-state index in [-0.39, 0.29) is 17.6 Å². The fourth-order valence-corrected chi connectivity index (χ4v) is 3.36. The number of carbonyl (C=O) groups is 1. The molecule has 25 heavy (non-hydrogen) atoms. The number of H-pyrrole nitrogens is 1. The Morgan fingerprint density at radius 3 is 2.96 bits per heavy atom. The maximum absolute atomic E-state index is 12.8. The molecule has 6 heteroatoms. The molecule has 4 rings (SSSR count). The molecular formula is C19H20N4O2. The zero-order chi connectivity index (χ0) is 17.6. The number of benzene rings is 2. The second-order valence-electron chi connectivity index (χ2n) is 7.01. The molecule has 0 bridgehead atoms. The highest BCUT2D eigenvalue weighted by atomic mass is 16.5. The standard InChI is InChI=1S/C19H20N4O2/c1-19(2)10-15(13-9-11(20)7-8-16(13)25-19)21-18(24)17-12-5-3-4-6-14(12)22-23-17/h3-9,15H,10,20H2,1-2H3,(H,21,24)(H,22,23). The maximum Gasteiger partial charge on any atom is 0.272 e. The lowest BCUT2D eigenvalue weighted by atomic mass is 9.89. The van der Waals surface area contributed by atoms with Crippen molar-refractivity contribution in [1.82, 2.24) is 15.5 Å². The van der Waals surface area contributed by atoms with E-state index < -0.39 is 0 Å². The summed E-state index contributed by atoms with van der Waals surface area (Å²) in [7, 11) is 0. The smallest absolute Gasteiger partial charge is 0.272 e. The van der Waals surface area contributed by atoms with Crippen LogP contribution in [0.15, 0.2) is 42.5 Å². The summed E-state index contributed by atoms with van der Waals surface area (Å²) >= 11 is 0. The highest BCUT2D eigenvalue weighted by molar-refractivity contribution is 6.04. The molecule has 2 heterocycles. The molecule has 128 valence electrons. The first-order valence-electron chi connectivity index (χ1n) is 8.25. The second kappa shape index (κ2) is 5.51. The van der Waals surface area contributed by atoms with Crippen molar-refractivity contribution in [3.8, 4) is 5.75 Å². The monoisotopic (exact) mass is 336 g/mol. The molecule has 0 fully saturated rings. The number of anilines is 1. The van der Waals surface area contributed by atoms with Crippen LogP contribution in [-0.2, 0) is 0 Å². The summed E-state index contributed by atoms with van der Waals surface area (Å²) in [5, 5.41) is 11.0. The number of nitrogens with two attached hydrogens (primary N) is 1. The van der Waals surface area contributed by atoms with E-state index in [9.17, 15) is 4.79 Å². The van der Waals surface area contributed by atoms with Crippen LogP contribution in [0, 0.1) is 0 Å². The minimum Gasteiger partial charge on any atom is -0.487 e. The number of nitrogen functional groups attached to an aromatic ring is 1. The SMILES string of the molecule is CC1(C)CC(NC(=O)c2n[nH]c3ccccc23)c2cc(N)ccc2O1. The van der Waals surface area contributed by atoms with E-state index in [4.69, 9.17) is 10.5 Å². The van der Waals surface area contributed by atoms with Crippen molar-refractivity contribution in [2.75, 3.05) is 5.73 Å². The first-order valence-corrected chi connectivity index (χ1v) is 8.25. The largest absolute Gasteiger partial charge is 0.487 e. The fraction of sp³-hybridized carbons (Fsp3) is 0.263. The fourth-order valence-electron chi connectivity index (χ4n) is 3.36. The van der Waals surface area contributed by atoms with Gasteiger partial charge < -0.3 is 15.8 Å². The van der Waals surface area contributed by atoms with Gasteiger partial charge in [0.25, 0.3) is 5.91 Å². The van der Waals surface area contributed by atoms with Gasteiger partial charge in [0.2, 0.25) is 0 Å². The van der Waals surface area contributed by atoms with Gasteiger partial charge >= 0.3 is 0 Å². The van der Waals surface area contributed by atoms with Crippen LogP contribution in [0.5, 0.6) is 5.75 Å². The summed E-state index contributed by atoms with van der Waals surface area (Å²) in [6, 6.07) is 12.9. The van der Waals surface area contributed by atoms with Crippen LogP contribution in [0.1, 0.15) is 42.4 Å². The Balaban J connectivity index is 1.68. The number of fused-ring (bicyclic) bond motifs is 2. The van der Waals surface area contributed by atoms with E-state index in [1.165, 1.54) is 0 Å². The maximum atomic E-state index is 12.8. The van der Waals surface area contributed by atoms with Gasteiger partial charge in [-0.25, -0.2) is 0 Å². The molecule has 0 spiro atoms. The lowest BCUT2D eigenvalue weighted by molar-refractivity contribution is 0.0619. The van der Waals surface area contributed by atoms with Gasteiger partial charge in [-0.05, 0) is 38.1 Å². The number of aromatic amines is 1. The van der Waals surface area contributed by atoms with Gasteiger partial charge in [-0.3, -0.25) is 9.89 Å². The van der Waals surface area contributed by atoms with E-state index in [0.29, 0.717) is 17.8 Å². The number of nitrogens with zero attached hydrogens (tertiary/aromatic N) is 1. The van der Waals surface area contributed by atoms with Crippen molar-refractivity contribution in [1.29, 1.82) is 0 Å². The molecule has 3 aromatic rings. The van der Waals surface area contributed by atoms with Crippen molar-refractivity contribution in [3.05, 3.63) is 53.7 Å². The van der Waals surface area contributed by atoms with Gasteiger partial charge in [-0.1, -0.05) is 18.2 Å². The minimum atomic E-state index is -0.380. The third kappa shape index (κ3) is 2.80. The number of aromatic nitrogens is 2. The Bertz CT molecular complexity index is 961. The molecule has 0 radical (unpaired) electrons. The summed E-state index contributed by atoms with van der Waals surface area (Å²) in [5.41, 5.74) is 8.32. The van der Waals surface area contributed by atoms with E-state index in [1.54, 1.807) is 6.07 Å². The molecular weight excluding hydrogens is 316 g/mol. The normalized spacial score (nSPS) is 18.4. The molecule has 0 saturated heterocycles. The topological polar surface area (TPSA) is 93.0 Å². The zero-order valence-electron chi connectivity index (χ0n) is 14.2. The van der Waals surface area contributed by atoms with Crippen molar-refractivity contribution in [3.63, 3.8) is 0 Å². The molecule has 2 aromatic carbocycles. The van der Waals surface area contributed by atoms with Crippen molar-refractivity contribution in [2.24, 2.45) is 0 Å². The second-order valence-corrected chi connectivity index (χ2v) is 7.01. The summed E-state index contributed by atoms with van der Waals surface area (Å²) in [6.07, 6.45) is 0.650. The number of nitrogens with one attached hydrogen (secondary N) is 2. The van der Waals surface area contributed by atoms with Crippen LogP contribution in [-0.4, -0.2) is 21.7 Å². The molecule has 6 nitrogen and oxygen atoms in total. The van der Waals surface area contributed by atoms with Crippen molar-refractivity contribution in [2.45, 2.75) is 31.9 Å². The van der Waals surface area contributed by atoms with E-state index in [2.05, 4.69) is 15.5 Å². The predicted octanol–water partition coefficient (Wildman–Crippen LogP) is 3.18. The number of amides is 1. The third-order valence-corrected chi connectivity index (χ3v) is 4.48. The number of carbonyl (C=O) groups excluding carboxylic acids is 1. The van der Waals surface area contributed by atoms with Gasteiger partial charge in [0.05, 0.1) is 11.6 Å². The van der Waals surface area contributed by atoms with Crippen LogP contribution >= 0.6 is 0 Å². The number of hydrogen-bond acceptors (Lipinski definition) is 4. The minimum absolute atomic E-state index is 0.190. The average Bonchev–Trinajstić information content (AvgIpc) is 2.99. The van der Waals surface area contributed by atoms with Crippen molar-refractivity contribution >= 4 is 22.5 Å². The molecule has 0 saturated carbocycles. The molecule has 1 amide bonds. The first kappa shape index (κ1) is 15.5. The highest BCUT2D eigenvalue weighted by Crippen LogP contribution is 2.40. The number of para-hydroxylation sites is 1. The summed E-state index contributed by atoms with van der Waals surface area (Å²) in [4.78, 5) is 12.8. The van der Waals surface area contributed by atoms with Gasteiger partial charge in [0.1, 0.15) is 11.4 Å². The average molecular weight is 336 g/mol. The van der Waals surface area contributed by atoms with Gasteiger partial charge in [0.15, 0.2) is 5.69 Å². The Hall–Kier alpha value is -3.02. The Labute approximate surface area is 145 Å². The van der Waals surface area contributed by atoms with Gasteiger partial charge in [0, 0.05) is 23.1 Å². The molecule has 0 aliphatic carbocycles. The first-order chi connectivity index (χ1) is 11.9. The van der Waals surface area contributed by atoms with Gasteiger partial charge in [-0.15, -0.1) is 0 Å². The quantitative estimate of drug-likeness (QED) is 0.627. The summed E-state index contributed by atoms with van der Waals surface area (Å²) in [5.74, 6) is 0.538. The van der Waals surface area contributed by atoms with Crippen LogP contribution in [0.2, 0.25) is 0 Å². The molecule has 1 aromatic heterocycles. The van der Waals surface area contributed by atoms with Gasteiger partial charge in [-0.2, -0.15) is 5.10 Å². The van der Waals surface area contributed by atoms with E-state index in [1.807, 2.05) is 50.2 Å². The molecule has 1 aliphatic rings. The number of hydrogen-bond donors (Lipinski definition) is 3. The summed E-state index contributed by atoms with van der Waals surface area (Å²) < 4.78 is 6.02. The lowest BCUT2D eigenvalue weighted by Crippen LogP contribution is -2.41. The molecule has 4 N–H and O–H groups in total. The zero-order valence-corrected chi connectivity index (χ0v) is 14.2. The van der Waals surface area contributed by atoms with Crippen LogP contribution in [0.25, 0.3) is 10.9 Å². The molecule has 1 aliphatic heterocycles. The van der Waals surface area contributed by atoms with E-state index in [0.717, 1.165) is 22.2 Å². The third-order valence-electron chi connectivity index (χ3n) is 4.48. The molecule has 1 atom stereocenters. The Kier molecular flexibility index (Phi) is 3.42. The predicted molar refractivity (Wildman–Crippen MR) is 96.5 cm³/mol. The lowest BCUT2D eigenvalue weighted by Gasteiger charge is -2.38. The summed E-state index contributed by atoms with van der Waals surface area (Å²) in [6.45, 7) is 4.02. The molecule has 1 unspecified atom stereocenters. The Morgan fingerprint density at radius 1 is 1.32 bits per heavy atom. The number of rotatable bonds is 2. The highest BCUT2D eigenvalue weighted by Gasteiger charge is 2.35. The van der Waals surface area contributed by atoms with Crippen LogP contribution in [0.4, 0.5) is 5.69 Å². The van der Waals surface area contributed by atoms with Crippen LogP contribution < -0.4 is 15.8 Å². The Morgan fingerprint density at radius 2 is 2.12 bits per heavy atom.